The molecule has 0 aromatic rings. The zero-order valence-electron chi connectivity index (χ0n) is 48.0. The molecule has 0 aromatic heterocycles. The first-order valence-electron chi connectivity index (χ1n) is 31.4. The fourth-order valence-electron chi connectivity index (χ4n) is 9.93. The normalized spacial score (nSPS) is 13.8. The lowest BCUT2D eigenvalue weighted by molar-refractivity contribution is -0.870. The van der Waals surface area contributed by atoms with Gasteiger partial charge in [-0.3, -0.25) is 9.36 Å². The molecule has 8 nitrogen and oxygen atoms in total. The van der Waals surface area contributed by atoms with E-state index in [2.05, 4.69) is 19.2 Å². The highest BCUT2D eigenvalue weighted by atomic mass is 31.2. The Labute approximate surface area is 438 Å². The highest BCUT2D eigenvalue weighted by Crippen LogP contribution is 2.38. The zero-order valence-corrected chi connectivity index (χ0v) is 48.9. The fourth-order valence-corrected chi connectivity index (χ4v) is 10.7. The van der Waals surface area contributed by atoms with Gasteiger partial charge >= 0.3 is 0 Å². The van der Waals surface area contributed by atoms with Crippen molar-refractivity contribution in [3.05, 3.63) is 0 Å². The fraction of sp³-hybridized carbons (Fsp3) is 0.984. The molecule has 9 heteroatoms. The molecule has 0 rings (SSSR count). The number of phosphoric ester groups is 1. The number of quaternary nitrogens is 1. The number of nitrogens with zero attached hydrogens (tertiary/aromatic N) is 1. The number of aliphatic hydroxyl groups is 1. The molecule has 0 spiro atoms. The summed E-state index contributed by atoms with van der Waals surface area (Å²) < 4.78 is 23.4. The molecule has 0 aliphatic carbocycles. The summed E-state index contributed by atoms with van der Waals surface area (Å²) in [6.45, 7) is 4.77. The zero-order chi connectivity index (χ0) is 51.3. The second-order valence-electron chi connectivity index (χ2n) is 23.1. The van der Waals surface area contributed by atoms with Crippen LogP contribution in [0.25, 0.3) is 0 Å². The van der Waals surface area contributed by atoms with E-state index in [-0.39, 0.29) is 19.1 Å². The van der Waals surface area contributed by atoms with Gasteiger partial charge in [-0.15, -0.1) is 0 Å². The molecule has 1 amide bonds. The van der Waals surface area contributed by atoms with Crippen molar-refractivity contribution in [1.29, 1.82) is 0 Å². The van der Waals surface area contributed by atoms with Crippen LogP contribution in [0.1, 0.15) is 335 Å². The Bertz CT molecular complexity index is 1100. The lowest BCUT2D eigenvalue weighted by atomic mass is 10.0. The van der Waals surface area contributed by atoms with Crippen LogP contribution in [0.4, 0.5) is 0 Å². The van der Waals surface area contributed by atoms with Crippen LogP contribution >= 0.6 is 7.82 Å². The van der Waals surface area contributed by atoms with Crippen LogP contribution in [0.5, 0.6) is 0 Å². The molecule has 70 heavy (non-hydrogen) atoms. The summed E-state index contributed by atoms with van der Waals surface area (Å²) in [6.07, 6.45) is 64.6. The van der Waals surface area contributed by atoms with Gasteiger partial charge in [-0.2, -0.15) is 0 Å². The number of unbranched alkanes of at least 4 members (excludes halogenated alkanes) is 46. The van der Waals surface area contributed by atoms with Crippen LogP contribution in [0.2, 0.25) is 0 Å². The molecular formula is C61H125N2O6P. The summed E-state index contributed by atoms with van der Waals surface area (Å²) in [5, 5.41) is 14.0. The van der Waals surface area contributed by atoms with Crippen molar-refractivity contribution in [1.82, 2.24) is 5.32 Å². The Morgan fingerprint density at radius 2 is 0.700 bits per heavy atom. The van der Waals surface area contributed by atoms with E-state index in [1.165, 1.54) is 270 Å². The number of phosphoric acid groups is 1. The van der Waals surface area contributed by atoms with Gasteiger partial charge in [0, 0.05) is 6.42 Å². The minimum Gasteiger partial charge on any atom is -0.756 e. The first-order valence-corrected chi connectivity index (χ1v) is 32.8. The van der Waals surface area contributed by atoms with Gasteiger partial charge in [0.2, 0.25) is 5.91 Å². The number of nitrogens with one attached hydrogen (secondary N) is 1. The van der Waals surface area contributed by atoms with Crippen LogP contribution in [0.15, 0.2) is 0 Å². The summed E-state index contributed by atoms with van der Waals surface area (Å²) in [4.78, 5) is 25.5. The third kappa shape index (κ3) is 55.3. The molecule has 0 aliphatic rings. The molecule has 0 saturated carbocycles. The van der Waals surface area contributed by atoms with Crippen LogP contribution in [0, 0.1) is 0 Å². The number of rotatable bonds is 59. The highest BCUT2D eigenvalue weighted by Gasteiger charge is 2.24. The molecule has 0 aromatic carbocycles. The molecule has 0 heterocycles. The lowest BCUT2D eigenvalue weighted by Gasteiger charge is -2.30. The third-order valence-corrected chi connectivity index (χ3v) is 15.8. The van der Waals surface area contributed by atoms with Crippen molar-refractivity contribution in [3.8, 4) is 0 Å². The van der Waals surface area contributed by atoms with Gasteiger partial charge in [-0.1, -0.05) is 316 Å². The van der Waals surface area contributed by atoms with Gasteiger partial charge in [0.15, 0.2) is 0 Å². The maximum atomic E-state index is 13.0. The monoisotopic (exact) mass is 1010 g/mol. The van der Waals surface area contributed by atoms with Crippen LogP contribution in [-0.4, -0.2) is 68.5 Å². The molecule has 2 N–H and O–H groups in total. The Morgan fingerprint density at radius 1 is 0.443 bits per heavy atom. The Morgan fingerprint density at radius 3 is 0.971 bits per heavy atom. The molecule has 0 radical (unpaired) electrons. The van der Waals surface area contributed by atoms with Crippen molar-refractivity contribution in [2.24, 2.45) is 0 Å². The van der Waals surface area contributed by atoms with Gasteiger partial charge in [0.05, 0.1) is 39.9 Å². The molecule has 0 bridgehead atoms. The smallest absolute Gasteiger partial charge is 0.268 e. The van der Waals surface area contributed by atoms with E-state index in [9.17, 15) is 19.4 Å². The number of carbonyl (C=O) groups is 1. The van der Waals surface area contributed by atoms with Crippen LogP contribution < -0.4 is 10.2 Å². The quantitative estimate of drug-likeness (QED) is 0.0357. The van der Waals surface area contributed by atoms with Gasteiger partial charge in [0.25, 0.3) is 7.82 Å². The summed E-state index contributed by atoms with van der Waals surface area (Å²) in [5.41, 5.74) is 0. The van der Waals surface area contributed by atoms with E-state index in [4.69, 9.17) is 9.05 Å². The van der Waals surface area contributed by atoms with Crippen molar-refractivity contribution in [2.75, 3.05) is 40.9 Å². The maximum Gasteiger partial charge on any atom is 0.268 e. The Balaban J connectivity index is 3.86. The van der Waals surface area contributed by atoms with E-state index in [0.717, 1.165) is 38.5 Å². The molecular weight excluding hydrogens is 888 g/mol. The predicted molar refractivity (Wildman–Crippen MR) is 303 cm³/mol. The third-order valence-electron chi connectivity index (χ3n) is 14.8. The van der Waals surface area contributed by atoms with Gasteiger partial charge in [-0.25, -0.2) is 0 Å². The van der Waals surface area contributed by atoms with Gasteiger partial charge in [-0.05, 0) is 12.8 Å². The van der Waals surface area contributed by atoms with Gasteiger partial charge in [0.1, 0.15) is 13.2 Å². The number of hydrogen-bond acceptors (Lipinski definition) is 6. The largest absolute Gasteiger partial charge is 0.756 e. The molecule has 0 aliphatic heterocycles. The average molecular weight is 1010 g/mol. The van der Waals surface area contributed by atoms with E-state index in [1.54, 1.807) is 0 Å². The summed E-state index contributed by atoms with van der Waals surface area (Å²) >= 11 is 0. The summed E-state index contributed by atoms with van der Waals surface area (Å²) in [7, 11) is 1.32. The van der Waals surface area contributed by atoms with Crippen LogP contribution in [-0.2, 0) is 18.4 Å². The lowest BCUT2D eigenvalue weighted by Crippen LogP contribution is -2.46. The second-order valence-corrected chi connectivity index (χ2v) is 24.5. The standard InChI is InChI=1S/C61H125N2O6P/c1-6-8-10-12-14-16-18-20-21-22-23-24-25-26-27-28-29-30-31-32-33-34-35-36-37-38-39-40-41-43-45-47-49-51-53-55-61(65)62-59(58-69-70(66,67)68-57-56-63(3,4)5)60(64)54-52-50-48-46-44-42-19-17-15-13-11-9-7-2/h59-60,64H,6-58H2,1-5H3,(H-,62,65,66,67)/t59-,60+/m0/s1. The number of hydrogen-bond donors (Lipinski definition) is 2. The van der Waals surface area contributed by atoms with Crippen molar-refractivity contribution in [2.45, 2.75) is 347 Å². The van der Waals surface area contributed by atoms with Crippen molar-refractivity contribution in [3.63, 3.8) is 0 Å². The summed E-state index contributed by atoms with van der Waals surface area (Å²) in [6, 6.07) is -0.794. The Kier molecular flexibility index (Phi) is 52.9. The molecule has 3 atom stereocenters. The first kappa shape index (κ1) is 69.5. The van der Waals surface area contributed by atoms with Crippen LogP contribution in [0.3, 0.4) is 0 Å². The minimum atomic E-state index is -4.56. The number of carbonyl (C=O) groups excluding carboxylic acids is 1. The SMILES string of the molecule is CCCCCCCCCCCCCCCCCCCCCCCCCCCCCCCCCCCCCC(=O)N[C@@H](COP(=O)([O-])OCC[N+](C)(C)C)[C@H](O)CCCCCCCCCCCCCCC. The molecule has 0 saturated heterocycles. The number of aliphatic hydroxyl groups excluding tert-OH is 1. The molecule has 0 fully saturated rings. The van der Waals surface area contributed by atoms with Crippen molar-refractivity contribution >= 4 is 13.7 Å². The van der Waals surface area contributed by atoms with Gasteiger partial charge < -0.3 is 28.8 Å². The maximum absolute atomic E-state index is 13.0. The van der Waals surface area contributed by atoms with Crippen molar-refractivity contribution < 1.29 is 32.9 Å². The first-order chi connectivity index (χ1) is 34.0. The Hall–Kier alpha value is -0.500. The van der Waals surface area contributed by atoms with E-state index in [1.807, 2.05) is 21.1 Å². The summed E-state index contributed by atoms with van der Waals surface area (Å²) in [5.74, 6) is -0.157. The minimum absolute atomic E-state index is 0.0164. The highest BCUT2D eigenvalue weighted by molar-refractivity contribution is 7.45. The van der Waals surface area contributed by atoms with E-state index < -0.39 is 20.0 Å². The average Bonchev–Trinajstić information content (AvgIpc) is 3.32. The molecule has 420 valence electrons. The number of amides is 1. The molecule has 1 unspecified atom stereocenters. The van der Waals surface area contributed by atoms with E-state index in [0.29, 0.717) is 23.9 Å². The predicted octanol–water partition coefficient (Wildman–Crippen LogP) is 18.6. The topological polar surface area (TPSA) is 108 Å². The second kappa shape index (κ2) is 53.3. The van der Waals surface area contributed by atoms with E-state index >= 15 is 0 Å². The number of likely N-dealkylation sites (N-methyl/N-ethyl adjacent to an activating group) is 1.